The van der Waals surface area contributed by atoms with E-state index in [0.29, 0.717) is 12.5 Å². The van der Waals surface area contributed by atoms with E-state index in [1.165, 1.54) is 38.5 Å². The van der Waals surface area contributed by atoms with Gasteiger partial charge in [-0.1, -0.05) is 39.5 Å². The van der Waals surface area contributed by atoms with Crippen LogP contribution in [0.5, 0.6) is 0 Å². The van der Waals surface area contributed by atoms with E-state index >= 15 is 0 Å². The van der Waals surface area contributed by atoms with E-state index in [-0.39, 0.29) is 11.7 Å². The van der Waals surface area contributed by atoms with Crippen molar-refractivity contribution in [3.8, 4) is 0 Å². The average Bonchev–Trinajstić information content (AvgIpc) is 2.28. The lowest BCUT2D eigenvalue weighted by atomic mass is 9.75. The molecule has 2 atom stereocenters. The van der Waals surface area contributed by atoms with Gasteiger partial charge in [0.15, 0.2) is 0 Å². The smallest absolute Gasteiger partial charge is 0.0707 e. The van der Waals surface area contributed by atoms with Crippen LogP contribution in [0, 0.1) is 5.92 Å². The summed E-state index contributed by atoms with van der Waals surface area (Å²) in [5.41, 5.74) is 0.113. The fraction of sp³-hybridized carbons (Fsp3) is 1.00. The largest absolute Gasteiger partial charge is 0.393 e. The molecule has 0 aromatic heterocycles. The third kappa shape index (κ3) is 3.74. The van der Waals surface area contributed by atoms with Crippen LogP contribution in [0.1, 0.15) is 65.7 Å². The van der Waals surface area contributed by atoms with Crippen LogP contribution in [-0.2, 0) is 4.74 Å². The lowest BCUT2D eigenvalue weighted by molar-refractivity contribution is -0.112. The van der Waals surface area contributed by atoms with Gasteiger partial charge in [0.25, 0.3) is 0 Å². The molecule has 1 fully saturated rings. The van der Waals surface area contributed by atoms with Gasteiger partial charge in [-0.15, -0.1) is 0 Å². The fourth-order valence-corrected chi connectivity index (χ4v) is 2.73. The standard InChI is InChI=1S/C14H28O2/c1-4-12(2)14(9-6-5-7-10-14)16-11-8-13(3)15/h12-13,15H,4-11H2,1-3H3. The molecule has 16 heavy (non-hydrogen) atoms. The molecule has 0 spiro atoms. The fourth-order valence-electron chi connectivity index (χ4n) is 2.73. The molecule has 0 aromatic carbocycles. The van der Waals surface area contributed by atoms with Gasteiger partial charge in [-0.3, -0.25) is 0 Å². The zero-order valence-electron chi connectivity index (χ0n) is 11.2. The molecule has 0 bridgehead atoms. The molecule has 1 aliphatic rings. The third-order valence-corrected chi connectivity index (χ3v) is 4.14. The Labute approximate surface area is 100 Å². The molecule has 0 aromatic rings. The second kappa shape index (κ2) is 6.61. The quantitative estimate of drug-likeness (QED) is 0.753. The van der Waals surface area contributed by atoms with Crippen LogP contribution >= 0.6 is 0 Å². The minimum Gasteiger partial charge on any atom is -0.393 e. The summed E-state index contributed by atoms with van der Waals surface area (Å²) < 4.78 is 6.17. The van der Waals surface area contributed by atoms with Gasteiger partial charge < -0.3 is 9.84 Å². The first-order valence-electron chi connectivity index (χ1n) is 6.93. The highest BCUT2D eigenvalue weighted by atomic mass is 16.5. The van der Waals surface area contributed by atoms with Crippen LogP contribution in [0.25, 0.3) is 0 Å². The molecule has 0 amide bonds. The van der Waals surface area contributed by atoms with Crippen LogP contribution < -0.4 is 0 Å². The Hall–Kier alpha value is -0.0800. The summed E-state index contributed by atoms with van der Waals surface area (Å²) >= 11 is 0. The first kappa shape index (κ1) is 14.0. The molecule has 1 N–H and O–H groups in total. The summed E-state index contributed by atoms with van der Waals surface area (Å²) in [5, 5.41) is 9.28. The second-order valence-corrected chi connectivity index (χ2v) is 5.42. The number of aliphatic hydroxyl groups excluding tert-OH is 1. The van der Waals surface area contributed by atoms with Crippen LogP contribution in [0.4, 0.5) is 0 Å². The molecule has 0 aliphatic heterocycles. The van der Waals surface area contributed by atoms with Gasteiger partial charge in [0.2, 0.25) is 0 Å². The van der Waals surface area contributed by atoms with E-state index in [1.54, 1.807) is 0 Å². The average molecular weight is 228 g/mol. The van der Waals surface area contributed by atoms with Crippen molar-refractivity contribution < 1.29 is 9.84 Å². The molecular formula is C14H28O2. The maximum absolute atomic E-state index is 9.28. The summed E-state index contributed by atoms with van der Waals surface area (Å²) in [6.45, 7) is 7.11. The van der Waals surface area contributed by atoms with Crippen LogP contribution in [0.2, 0.25) is 0 Å². The Morgan fingerprint density at radius 3 is 2.31 bits per heavy atom. The van der Waals surface area contributed by atoms with Crippen molar-refractivity contribution in [2.75, 3.05) is 6.61 Å². The van der Waals surface area contributed by atoms with E-state index in [1.807, 2.05) is 6.92 Å². The SMILES string of the molecule is CCC(C)C1(OCCC(C)O)CCCCC1. The maximum Gasteiger partial charge on any atom is 0.0707 e. The highest BCUT2D eigenvalue weighted by Gasteiger charge is 2.37. The van der Waals surface area contributed by atoms with Gasteiger partial charge in [0, 0.05) is 6.61 Å². The first-order chi connectivity index (χ1) is 7.60. The summed E-state index contributed by atoms with van der Waals surface area (Å²) in [4.78, 5) is 0. The van der Waals surface area contributed by atoms with Crippen LogP contribution in [0.3, 0.4) is 0 Å². The zero-order valence-corrected chi connectivity index (χ0v) is 11.2. The van der Waals surface area contributed by atoms with Crippen LogP contribution in [0.15, 0.2) is 0 Å². The highest BCUT2D eigenvalue weighted by molar-refractivity contribution is 4.88. The summed E-state index contributed by atoms with van der Waals surface area (Å²) in [5.74, 6) is 0.641. The number of rotatable bonds is 6. The molecular weight excluding hydrogens is 200 g/mol. The van der Waals surface area contributed by atoms with E-state index in [2.05, 4.69) is 13.8 Å². The summed E-state index contributed by atoms with van der Waals surface area (Å²) in [6, 6.07) is 0. The number of ether oxygens (including phenoxy) is 1. The first-order valence-corrected chi connectivity index (χ1v) is 6.93. The van der Waals surface area contributed by atoms with Gasteiger partial charge >= 0.3 is 0 Å². The van der Waals surface area contributed by atoms with Crippen LogP contribution in [-0.4, -0.2) is 23.4 Å². The lowest BCUT2D eigenvalue weighted by Gasteiger charge is -2.42. The zero-order chi connectivity index (χ0) is 12.0. The molecule has 2 heteroatoms. The molecule has 1 rings (SSSR count). The second-order valence-electron chi connectivity index (χ2n) is 5.42. The minimum absolute atomic E-state index is 0.113. The summed E-state index contributed by atoms with van der Waals surface area (Å²) in [6.07, 6.45) is 8.10. The molecule has 2 nitrogen and oxygen atoms in total. The molecule has 0 heterocycles. The molecule has 0 radical (unpaired) electrons. The molecule has 2 unspecified atom stereocenters. The molecule has 0 saturated heterocycles. The maximum atomic E-state index is 9.28. The van der Waals surface area contributed by atoms with E-state index in [9.17, 15) is 5.11 Å². The molecule has 1 aliphatic carbocycles. The molecule has 1 saturated carbocycles. The number of hydrogen-bond acceptors (Lipinski definition) is 2. The third-order valence-electron chi connectivity index (χ3n) is 4.14. The van der Waals surface area contributed by atoms with Gasteiger partial charge in [0.1, 0.15) is 0 Å². The van der Waals surface area contributed by atoms with Gasteiger partial charge in [0.05, 0.1) is 11.7 Å². The lowest BCUT2D eigenvalue weighted by Crippen LogP contribution is -2.42. The van der Waals surface area contributed by atoms with Gasteiger partial charge in [-0.05, 0) is 32.1 Å². The van der Waals surface area contributed by atoms with Crippen molar-refractivity contribution >= 4 is 0 Å². The topological polar surface area (TPSA) is 29.5 Å². The van der Waals surface area contributed by atoms with Gasteiger partial charge in [-0.2, -0.15) is 0 Å². The Bertz CT molecular complexity index is 183. The number of hydrogen-bond donors (Lipinski definition) is 1. The predicted molar refractivity (Wildman–Crippen MR) is 67.5 cm³/mol. The minimum atomic E-state index is -0.238. The van der Waals surface area contributed by atoms with E-state index < -0.39 is 0 Å². The van der Waals surface area contributed by atoms with Crippen molar-refractivity contribution in [1.82, 2.24) is 0 Å². The van der Waals surface area contributed by atoms with Crippen molar-refractivity contribution in [3.63, 3.8) is 0 Å². The number of aliphatic hydroxyl groups is 1. The summed E-state index contributed by atoms with van der Waals surface area (Å²) in [7, 11) is 0. The van der Waals surface area contributed by atoms with Crippen molar-refractivity contribution in [3.05, 3.63) is 0 Å². The van der Waals surface area contributed by atoms with Crippen molar-refractivity contribution in [1.29, 1.82) is 0 Å². The molecule has 96 valence electrons. The Kier molecular flexibility index (Phi) is 5.77. The van der Waals surface area contributed by atoms with Gasteiger partial charge in [-0.25, -0.2) is 0 Å². The van der Waals surface area contributed by atoms with E-state index in [4.69, 9.17) is 4.74 Å². The Morgan fingerprint density at radius 1 is 1.19 bits per heavy atom. The predicted octanol–water partition coefficient (Wildman–Crippen LogP) is 3.52. The monoisotopic (exact) mass is 228 g/mol. The Balaban J connectivity index is 2.49. The van der Waals surface area contributed by atoms with E-state index in [0.717, 1.165) is 6.42 Å². The van der Waals surface area contributed by atoms with Crippen molar-refractivity contribution in [2.24, 2.45) is 5.92 Å². The highest BCUT2D eigenvalue weighted by Crippen LogP contribution is 2.39. The van der Waals surface area contributed by atoms with Crippen molar-refractivity contribution in [2.45, 2.75) is 77.4 Å². The Morgan fingerprint density at radius 2 is 1.81 bits per heavy atom. The normalized spacial score (nSPS) is 24.0.